The topological polar surface area (TPSA) is 424 Å². The molecule has 4 amide bonds. The Hall–Kier alpha value is -6.70. The van der Waals surface area contributed by atoms with Crippen LogP contribution in [0.3, 0.4) is 0 Å². The summed E-state index contributed by atoms with van der Waals surface area (Å²) < 4.78 is 23.6. The lowest BCUT2D eigenvalue weighted by Gasteiger charge is -2.63. The van der Waals surface area contributed by atoms with E-state index in [-0.39, 0.29) is 61.6 Å². The summed E-state index contributed by atoms with van der Waals surface area (Å²) in [5.41, 5.74) is 4.51. The van der Waals surface area contributed by atoms with E-state index >= 15 is 4.79 Å². The Bertz CT molecular complexity index is 3640. The van der Waals surface area contributed by atoms with E-state index < -0.39 is 125 Å². The number of nitrogens with one attached hydrogen (secondary N) is 5. The summed E-state index contributed by atoms with van der Waals surface area (Å²) in [7, 11) is 7.02. The van der Waals surface area contributed by atoms with E-state index in [1.807, 2.05) is 49.1 Å². The molecule has 11 rings (SSSR count). The van der Waals surface area contributed by atoms with Gasteiger partial charge in [-0.15, -0.1) is 5.10 Å². The number of nitrogens with zero attached hydrogens (tertiary/aromatic N) is 6. The van der Waals surface area contributed by atoms with Crippen molar-refractivity contribution in [3.8, 4) is 5.75 Å². The number of anilines is 1. The number of rotatable bonds is 27. The van der Waals surface area contributed by atoms with Crippen LogP contribution in [0, 0.1) is 11.3 Å². The third-order valence-corrected chi connectivity index (χ3v) is 23.6. The average Bonchev–Trinajstić information content (AvgIpc) is 1.50. The molecule has 33 heteroatoms. The van der Waals surface area contributed by atoms with E-state index in [9.17, 15) is 64.8 Å². The first-order valence-electron chi connectivity index (χ1n) is 33.6. The first-order chi connectivity index (χ1) is 47.4. The van der Waals surface area contributed by atoms with Gasteiger partial charge >= 0.3 is 18.0 Å². The highest BCUT2D eigenvalue weighted by molar-refractivity contribution is 8.76. The van der Waals surface area contributed by atoms with Crippen LogP contribution < -0.4 is 31.1 Å². The van der Waals surface area contributed by atoms with E-state index in [1.165, 1.54) is 18.0 Å². The second-order valence-electron chi connectivity index (χ2n) is 27.0. The van der Waals surface area contributed by atoms with Crippen molar-refractivity contribution in [2.45, 2.75) is 175 Å². The summed E-state index contributed by atoms with van der Waals surface area (Å²) in [5, 5.41) is 103. The predicted molar refractivity (Wildman–Crippen MR) is 358 cm³/mol. The van der Waals surface area contributed by atoms with E-state index in [4.69, 9.17) is 28.7 Å². The van der Waals surface area contributed by atoms with Crippen LogP contribution in [0.2, 0.25) is 0 Å². The number of aliphatic hydroxyl groups excluding tert-OH is 4. The molecule has 542 valence electrons. The number of carboxylic acids is 2. The van der Waals surface area contributed by atoms with Crippen LogP contribution in [0.5, 0.6) is 5.75 Å². The highest BCUT2D eigenvalue weighted by Crippen LogP contribution is 2.67. The minimum Gasteiger partial charge on any atom is -0.496 e. The Balaban J connectivity index is 0.747. The van der Waals surface area contributed by atoms with Crippen LogP contribution in [0.25, 0.3) is 10.9 Å². The van der Waals surface area contributed by atoms with Crippen molar-refractivity contribution >= 4 is 73.9 Å². The summed E-state index contributed by atoms with van der Waals surface area (Å²) >= 11 is 0. The normalized spacial score (nSPS) is 31.6. The largest absolute Gasteiger partial charge is 0.496 e. The van der Waals surface area contributed by atoms with Gasteiger partial charge in [-0.2, -0.15) is 0 Å². The summed E-state index contributed by atoms with van der Waals surface area (Å²) in [6.45, 7) is 8.46. The molecule has 0 radical (unpaired) electrons. The second-order valence-corrected chi connectivity index (χ2v) is 29.6. The lowest BCUT2D eigenvalue weighted by Crippen LogP contribution is -2.82. The fraction of sp³-hybridized carbons (Fsp3) is 0.636. The van der Waals surface area contributed by atoms with Gasteiger partial charge in [-0.3, -0.25) is 29.6 Å². The molecule has 6 aliphatic heterocycles. The van der Waals surface area contributed by atoms with E-state index in [2.05, 4.69) is 64.8 Å². The number of benzene rings is 2. The summed E-state index contributed by atoms with van der Waals surface area (Å²) in [6.07, 6.45) is -3.66. The zero-order valence-corrected chi connectivity index (χ0v) is 57.7. The molecule has 2 aromatic carbocycles. The van der Waals surface area contributed by atoms with Crippen LogP contribution in [-0.4, -0.2) is 257 Å². The molecule has 7 aliphatic rings. The van der Waals surface area contributed by atoms with Crippen LogP contribution in [-0.2, 0) is 72.8 Å². The van der Waals surface area contributed by atoms with Crippen molar-refractivity contribution in [2.75, 3.05) is 83.6 Å². The maximum Gasteiger partial charge on any atom is 0.426 e. The number of para-hydroxylation sites is 1. The molecule has 99 heavy (non-hydrogen) atoms. The third-order valence-electron chi connectivity index (χ3n) is 21.2. The number of aromatic nitrogens is 4. The molecule has 13 N–H and O–H groups in total. The monoisotopic (exact) mass is 1420 g/mol. The summed E-state index contributed by atoms with van der Waals surface area (Å²) in [5.74, 6) is -5.25. The smallest absolute Gasteiger partial charge is 0.426 e. The molecule has 8 heterocycles. The third kappa shape index (κ3) is 14.1. The maximum atomic E-state index is 15.2. The first-order valence-corrected chi connectivity index (χ1v) is 36.1. The number of likely N-dealkylation sites (N-methyl/N-ethyl adjacent to an activating group) is 1. The number of hydrazine groups is 1. The molecule has 2 aromatic heterocycles. The second kappa shape index (κ2) is 30.5. The molecule has 1 saturated carbocycles. The van der Waals surface area contributed by atoms with Crippen molar-refractivity contribution < 1.29 is 98.3 Å². The predicted octanol–water partition coefficient (Wildman–Crippen LogP) is 0.927. The number of amides is 4. The van der Waals surface area contributed by atoms with Crippen LogP contribution in [0.4, 0.5) is 10.5 Å². The average molecular weight is 1420 g/mol. The van der Waals surface area contributed by atoms with Crippen LogP contribution in [0.1, 0.15) is 106 Å². The van der Waals surface area contributed by atoms with Crippen molar-refractivity contribution in [1.82, 2.24) is 51.3 Å². The number of aliphatic hydroxyl groups is 6. The van der Waals surface area contributed by atoms with Crippen LogP contribution >= 0.6 is 21.6 Å². The van der Waals surface area contributed by atoms with E-state index in [0.717, 1.165) is 68.8 Å². The van der Waals surface area contributed by atoms with Crippen molar-refractivity contribution in [3.63, 3.8) is 0 Å². The van der Waals surface area contributed by atoms with Gasteiger partial charge in [-0.1, -0.05) is 77.9 Å². The number of aliphatic carboxylic acids is 2. The number of carbonyl (C=O) groups excluding carboxylic acids is 4. The number of hydrogen-bond donors (Lipinski definition) is 13. The Labute approximate surface area is 579 Å². The molecule has 2 bridgehead atoms. The van der Waals surface area contributed by atoms with Gasteiger partial charge in [-0.05, 0) is 80.7 Å². The Kier molecular flexibility index (Phi) is 22.6. The molecule has 4 aromatic rings. The number of piperidine rings is 1. The van der Waals surface area contributed by atoms with E-state index in [0.29, 0.717) is 75.2 Å². The minimum atomic E-state index is -2.60. The van der Waals surface area contributed by atoms with Gasteiger partial charge in [-0.25, -0.2) is 34.3 Å². The number of carboxylic acid groups (broad SMARTS) is 2. The minimum absolute atomic E-state index is 0.0459. The maximum absolute atomic E-state index is 15.2. The lowest BCUT2D eigenvalue weighted by molar-refractivity contribution is -0.314. The van der Waals surface area contributed by atoms with Gasteiger partial charge in [0.05, 0.1) is 44.7 Å². The Morgan fingerprint density at radius 1 is 0.919 bits per heavy atom. The number of ether oxygens (including phenoxy) is 4. The Morgan fingerprint density at radius 3 is 2.43 bits per heavy atom. The molecule has 1 aliphatic carbocycles. The molecule has 31 nitrogen and oxygen atoms in total. The van der Waals surface area contributed by atoms with Crippen molar-refractivity contribution in [3.05, 3.63) is 82.8 Å². The molecular formula is C66H91N11O20S2. The van der Waals surface area contributed by atoms with Crippen molar-refractivity contribution in [1.29, 1.82) is 0 Å². The van der Waals surface area contributed by atoms with Crippen LogP contribution in [0.15, 0.2) is 54.7 Å². The number of aromatic amines is 1. The van der Waals surface area contributed by atoms with Crippen molar-refractivity contribution in [2.24, 2.45) is 11.3 Å². The molecule has 18 atom stereocenters. The van der Waals surface area contributed by atoms with Gasteiger partial charge in [0.2, 0.25) is 11.8 Å². The Morgan fingerprint density at radius 2 is 1.71 bits per heavy atom. The number of fused-ring (bicyclic) bond motifs is 6. The fourth-order valence-electron chi connectivity index (χ4n) is 16.8. The highest BCUT2D eigenvalue weighted by atomic mass is 33.1. The SMILES string of the molecule is CCCC(=O)N[C@@H](Cc1cn(CCOC2OC(C(=O)O)C(O)[C@H](O)[C@H]2O)nn1)C(=O)N[C@H](CSSCCOC(=O)NNC(=O)[C@@]1(O)[C@H](O)[C@]2(CC)C=CCN3CC[C@@]4(c5cc(C(OOC)[C@@H]6C[C@@H]7CN(CCc8c6[nH]c6ccccc86)C[C@](O)(CC)C7)c(OC)cc5N(C)[C@@H]14)[C@@H]32)C(=O)O. The highest BCUT2D eigenvalue weighted by Gasteiger charge is 2.79. The van der Waals surface area contributed by atoms with Gasteiger partial charge in [0, 0.05) is 120 Å². The van der Waals surface area contributed by atoms with Gasteiger partial charge in [0.1, 0.15) is 55.0 Å². The molecule has 5 unspecified atom stereocenters. The van der Waals surface area contributed by atoms with Gasteiger partial charge < -0.3 is 80.3 Å². The zero-order valence-electron chi connectivity index (χ0n) is 56.1. The number of carbonyl (C=O) groups is 6. The summed E-state index contributed by atoms with van der Waals surface area (Å²) in [4.78, 5) is 102. The van der Waals surface area contributed by atoms with Gasteiger partial charge in [0.15, 0.2) is 18.0 Å². The molecule has 3 saturated heterocycles. The lowest BCUT2D eigenvalue weighted by atomic mass is 9.47. The zero-order chi connectivity index (χ0) is 70.9. The van der Waals surface area contributed by atoms with Gasteiger partial charge in [0.25, 0.3) is 5.91 Å². The number of methoxy groups -OCH3 is 1. The summed E-state index contributed by atoms with van der Waals surface area (Å²) in [6, 6.07) is 7.96. The molecule has 4 fully saturated rings. The molecular weight excluding hydrogens is 1330 g/mol. The quantitative estimate of drug-likeness (QED) is 0.0130. The number of hydrogen-bond acceptors (Lipinski definition) is 25. The van der Waals surface area contributed by atoms with E-state index in [1.54, 1.807) is 21.1 Å². The first kappa shape index (κ1) is 73.5. The molecule has 1 spiro atoms. The fourth-order valence-corrected chi connectivity index (χ4v) is 18.8. The number of H-pyrrole nitrogens is 1. The standard InChI is InChI=1S/C66H91N11O20S2/c1-7-13-47(78)67-43(27-36-32-77(73-70-36)22-23-94-57-51(81)49(79)50(80)53(96-57)56(85)86)54(82)69-44(55(83)84)33-99-98-25-24-95-62(89)72-71-61(88)66(91)59-65(18-21-76-19-12-17-64(9-3,58(65)76)60(66)87)41-28-39(46(92-5)29-45(41)74(59)4)52(97-93-6)40-26-35-30-63(90,8-2)34-75(31-35)20-16-38-37-14-10-11-15-42(37)68-48(38)40/h10-12,14-15,17,28-29,32,35,40,43-44,49-53,57-60,68,79-81,87,90-91H,7-9,13,16,18-27,30-31,33-34H2,1-6H3,(H,67,78)(H,69,82)(H,71,88)(H,72,89)(H,83,84)(H,85,86)/t35-,40+,43-,44+,49-,50?,51+,52?,53?,57?,58-,59+,60+,63-,64+,65+,66-/m0/s1.